The molecule has 104 valence electrons. The van der Waals surface area contributed by atoms with Crippen molar-refractivity contribution in [3.8, 4) is 11.6 Å². The average molecular weight is 294 g/mol. The van der Waals surface area contributed by atoms with Crippen molar-refractivity contribution in [1.29, 1.82) is 0 Å². The molecular weight excluding hydrogens is 282 g/mol. The highest BCUT2D eigenvalue weighted by atomic mass is 35.5. The Morgan fingerprint density at radius 3 is 2.60 bits per heavy atom. The molecule has 1 aromatic carbocycles. The number of carboxylic acids is 1. The summed E-state index contributed by atoms with van der Waals surface area (Å²) in [6.45, 7) is 0.260. The first-order valence-electron chi connectivity index (χ1n) is 5.75. The molecule has 0 saturated carbocycles. The van der Waals surface area contributed by atoms with Crippen LogP contribution in [0.2, 0.25) is 5.15 Å². The standard InChI is InChI=1S/C14H12ClNO4/c1-19-11-4-2-9(3-5-11)8-20-13-7-10(14(17)18)6-12(15)16-13/h2-7H,8H2,1H3,(H,17,18). The molecule has 0 unspecified atom stereocenters. The molecule has 1 N–H and O–H groups in total. The van der Waals surface area contributed by atoms with Gasteiger partial charge in [0, 0.05) is 6.07 Å². The lowest BCUT2D eigenvalue weighted by Gasteiger charge is -2.07. The second-order valence-corrected chi connectivity index (χ2v) is 4.35. The summed E-state index contributed by atoms with van der Waals surface area (Å²) >= 11 is 5.74. The first-order valence-corrected chi connectivity index (χ1v) is 6.13. The molecule has 0 atom stereocenters. The molecule has 5 nitrogen and oxygen atoms in total. The van der Waals surface area contributed by atoms with Gasteiger partial charge in [0.25, 0.3) is 0 Å². The summed E-state index contributed by atoms with van der Waals surface area (Å²) in [7, 11) is 1.59. The molecule has 2 aromatic rings. The number of rotatable bonds is 5. The van der Waals surface area contributed by atoms with Gasteiger partial charge in [-0.1, -0.05) is 23.7 Å². The largest absolute Gasteiger partial charge is 0.497 e. The molecule has 0 fully saturated rings. The van der Waals surface area contributed by atoms with Crippen molar-refractivity contribution in [2.75, 3.05) is 7.11 Å². The zero-order chi connectivity index (χ0) is 14.5. The lowest BCUT2D eigenvalue weighted by atomic mass is 10.2. The first kappa shape index (κ1) is 14.1. The van der Waals surface area contributed by atoms with Crippen LogP contribution in [0.25, 0.3) is 0 Å². The van der Waals surface area contributed by atoms with Crippen LogP contribution in [0.5, 0.6) is 11.6 Å². The van der Waals surface area contributed by atoms with Crippen molar-refractivity contribution >= 4 is 17.6 Å². The van der Waals surface area contributed by atoms with E-state index in [0.717, 1.165) is 11.3 Å². The highest BCUT2D eigenvalue weighted by Crippen LogP contribution is 2.18. The summed E-state index contributed by atoms with van der Waals surface area (Å²) in [6.07, 6.45) is 0. The second-order valence-electron chi connectivity index (χ2n) is 3.96. The molecule has 0 amide bonds. The molecule has 0 bridgehead atoms. The van der Waals surface area contributed by atoms with Gasteiger partial charge in [-0.2, -0.15) is 0 Å². The Labute approximate surface area is 120 Å². The van der Waals surface area contributed by atoms with Crippen LogP contribution in [-0.2, 0) is 6.61 Å². The third kappa shape index (κ3) is 3.61. The molecule has 1 heterocycles. The molecule has 0 aliphatic heterocycles. The number of pyridine rings is 1. The number of nitrogens with zero attached hydrogens (tertiary/aromatic N) is 1. The third-order valence-electron chi connectivity index (χ3n) is 2.56. The van der Waals surface area contributed by atoms with Crippen LogP contribution in [0.15, 0.2) is 36.4 Å². The maximum absolute atomic E-state index is 10.9. The Morgan fingerprint density at radius 1 is 1.30 bits per heavy atom. The predicted molar refractivity (Wildman–Crippen MR) is 73.5 cm³/mol. The van der Waals surface area contributed by atoms with Crippen molar-refractivity contribution in [3.63, 3.8) is 0 Å². The molecule has 2 rings (SSSR count). The van der Waals surface area contributed by atoms with Crippen molar-refractivity contribution in [1.82, 2.24) is 4.98 Å². The third-order valence-corrected chi connectivity index (χ3v) is 2.76. The number of carboxylic acid groups (broad SMARTS) is 1. The highest BCUT2D eigenvalue weighted by Gasteiger charge is 2.08. The van der Waals surface area contributed by atoms with Gasteiger partial charge in [-0.05, 0) is 23.8 Å². The Morgan fingerprint density at radius 2 is 2.00 bits per heavy atom. The van der Waals surface area contributed by atoms with Gasteiger partial charge in [0.2, 0.25) is 5.88 Å². The summed E-state index contributed by atoms with van der Waals surface area (Å²) in [5, 5.41) is 9.00. The molecule has 20 heavy (non-hydrogen) atoms. The fourth-order valence-corrected chi connectivity index (χ4v) is 1.75. The monoisotopic (exact) mass is 293 g/mol. The van der Waals surface area contributed by atoms with E-state index in [2.05, 4.69) is 4.98 Å². The van der Waals surface area contributed by atoms with Crippen molar-refractivity contribution in [3.05, 3.63) is 52.7 Å². The van der Waals surface area contributed by atoms with Crippen LogP contribution < -0.4 is 9.47 Å². The van der Waals surface area contributed by atoms with Gasteiger partial charge >= 0.3 is 5.97 Å². The summed E-state index contributed by atoms with van der Waals surface area (Å²) in [6, 6.07) is 9.92. The van der Waals surface area contributed by atoms with Gasteiger partial charge in [-0.25, -0.2) is 9.78 Å². The zero-order valence-electron chi connectivity index (χ0n) is 10.7. The number of benzene rings is 1. The van der Waals surface area contributed by atoms with Gasteiger partial charge in [0.1, 0.15) is 17.5 Å². The van der Waals surface area contributed by atoms with E-state index in [4.69, 9.17) is 26.2 Å². The number of hydrogen-bond acceptors (Lipinski definition) is 4. The molecule has 0 spiro atoms. The van der Waals surface area contributed by atoms with E-state index >= 15 is 0 Å². The lowest BCUT2D eigenvalue weighted by molar-refractivity contribution is 0.0696. The molecule has 0 aliphatic rings. The minimum atomic E-state index is -1.08. The normalized spacial score (nSPS) is 10.1. The molecule has 0 radical (unpaired) electrons. The van der Waals surface area contributed by atoms with Crippen molar-refractivity contribution < 1.29 is 19.4 Å². The van der Waals surface area contributed by atoms with Crippen LogP contribution in [-0.4, -0.2) is 23.2 Å². The molecule has 0 saturated heterocycles. The summed E-state index contributed by atoms with van der Waals surface area (Å²) in [5.41, 5.74) is 0.944. The fourth-order valence-electron chi connectivity index (χ4n) is 1.55. The Hall–Kier alpha value is -2.27. The van der Waals surface area contributed by atoms with Gasteiger partial charge in [0.05, 0.1) is 12.7 Å². The van der Waals surface area contributed by atoms with E-state index in [1.165, 1.54) is 12.1 Å². The quantitative estimate of drug-likeness (QED) is 0.858. The highest BCUT2D eigenvalue weighted by molar-refractivity contribution is 6.29. The maximum Gasteiger partial charge on any atom is 0.335 e. The van der Waals surface area contributed by atoms with E-state index in [0.29, 0.717) is 0 Å². The van der Waals surface area contributed by atoms with Crippen LogP contribution in [0.3, 0.4) is 0 Å². The van der Waals surface area contributed by atoms with E-state index in [1.807, 2.05) is 24.3 Å². The van der Waals surface area contributed by atoms with Crippen LogP contribution in [0.1, 0.15) is 15.9 Å². The molecule has 6 heteroatoms. The topological polar surface area (TPSA) is 68.7 Å². The number of methoxy groups -OCH3 is 1. The maximum atomic E-state index is 10.9. The summed E-state index contributed by atoms with van der Waals surface area (Å²) in [5.74, 6) is -0.155. The molecule has 0 aliphatic carbocycles. The second kappa shape index (κ2) is 6.25. The molecular formula is C14H12ClNO4. The number of aromatic carboxylic acids is 1. The van der Waals surface area contributed by atoms with Crippen LogP contribution in [0, 0.1) is 0 Å². The lowest BCUT2D eigenvalue weighted by Crippen LogP contribution is -2.01. The predicted octanol–water partition coefficient (Wildman–Crippen LogP) is 3.02. The summed E-state index contributed by atoms with van der Waals surface area (Å²) in [4.78, 5) is 14.8. The minimum Gasteiger partial charge on any atom is -0.497 e. The number of halogens is 1. The van der Waals surface area contributed by atoms with Gasteiger partial charge < -0.3 is 14.6 Å². The number of ether oxygens (including phenoxy) is 2. The van der Waals surface area contributed by atoms with E-state index in [9.17, 15) is 4.79 Å². The van der Waals surface area contributed by atoms with Gasteiger partial charge in [-0.3, -0.25) is 0 Å². The van der Waals surface area contributed by atoms with E-state index in [1.54, 1.807) is 7.11 Å². The van der Waals surface area contributed by atoms with Crippen molar-refractivity contribution in [2.24, 2.45) is 0 Å². The average Bonchev–Trinajstić information content (AvgIpc) is 2.45. The smallest absolute Gasteiger partial charge is 0.335 e. The Bertz CT molecular complexity index is 613. The number of hydrogen-bond donors (Lipinski definition) is 1. The van der Waals surface area contributed by atoms with Crippen LogP contribution >= 0.6 is 11.6 Å². The van der Waals surface area contributed by atoms with E-state index < -0.39 is 5.97 Å². The van der Waals surface area contributed by atoms with Crippen molar-refractivity contribution in [2.45, 2.75) is 6.61 Å². The fraction of sp³-hybridized carbons (Fsp3) is 0.143. The Kier molecular flexibility index (Phi) is 4.42. The van der Waals surface area contributed by atoms with E-state index in [-0.39, 0.29) is 23.2 Å². The number of aromatic nitrogens is 1. The van der Waals surface area contributed by atoms with Gasteiger partial charge in [-0.15, -0.1) is 0 Å². The molecule has 1 aromatic heterocycles. The van der Waals surface area contributed by atoms with Crippen LogP contribution in [0.4, 0.5) is 0 Å². The first-order chi connectivity index (χ1) is 9.58. The minimum absolute atomic E-state index is 0.0368. The zero-order valence-corrected chi connectivity index (χ0v) is 11.4. The van der Waals surface area contributed by atoms with Gasteiger partial charge in [0.15, 0.2) is 0 Å². The SMILES string of the molecule is COc1ccc(COc2cc(C(=O)O)cc(Cl)n2)cc1. The Balaban J connectivity index is 2.08. The summed E-state index contributed by atoms with van der Waals surface area (Å²) < 4.78 is 10.5. The number of carbonyl (C=O) groups is 1.